The van der Waals surface area contributed by atoms with Gasteiger partial charge in [0.2, 0.25) is 0 Å². The predicted molar refractivity (Wildman–Crippen MR) is 109 cm³/mol. The van der Waals surface area contributed by atoms with Crippen LogP contribution in [0.25, 0.3) is 0 Å². The number of hydrogen-bond donors (Lipinski definition) is 1. The van der Waals surface area contributed by atoms with Crippen LogP contribution in [0.1, 0.15) is 36.3 Å². The summed E-state index contributed by atoms with van der Waals surface area (Å²) in [5.74, 6) is -0.0217. The number of rotatable bonds is 5. The van der Waals surface area contributed by atoms with Crippen LogP contribution >= 0.6 is 23.2 Å². The molecule has 0 bridgehead atoms. The van der Waals surface area contributed by atoms with Gasteiger partial charge in [0.15, 0.2) is 0 Å². The van der Waals surface area contributed by atoms with Gasteiger partial charge in [0.05, 0.1) is 15.5 Å². The summed E-state index contributed by atoms with van der Waals surface area (Å²) >= 11 is 12.1. The lowest BCUT2D eigenvalue weighted by atomic mass is 9.89. The van der Waals surface area contributed by atoms with Crippen molar-refractivity contribution in [1.82, 2.24) is 4.90 Å². The van der Waals surface area contributed by atoms with Crippen LogP contribution in [0.5, 0.6) is 0 Å². The van der Waals surface area contributed by atoms with Gasteiger partial charge in [-0.25, -0.2) is 0 Å². The smallest absolute Gasteiger partial charge is 0.314 e. The molecule has 0 spiro atoms. The highest BCUT2D eigenvalue weighted by molar-refractivity contribution is 6.42. The first-order valence-electron chi connectivity index (χ1n) is 9.47. The first-order chi connectivity index (χ1) is 13.0. The summed E-state index contributed by atoms with van der Waals surface area (Å²) in [6.45, 7) is 2.87. The van der Waals surface area contributed by atoms with Crippen LogP contribution in [-0.4, -0.2) is 35.6 Å². The van der Waals surface area contributed by atoms with E-state index in [1.807, 2.05) is 6.07 Å². The SMILES string of the molecule is O=C(O)[C@@]1(c2ccc(Cl)c(Cl)c2)C[C@H]1CN1CCC(c2ccccc2)CC1. The molecule has 2 aromatic rings. The van der Waals surface area contributed by atoms with Crippen molar-refractivity contribution in [3.8, 4) is 0 Å². The highest BCUT2D eigenvalue weighted by Gasteiger charge is 2.61. The molecule has 1 N–H and O–H groups in total. The number of piperidine rings is 1. The van der Waals surface area contributed by atoms with E-state index in [2.05, 4.69) is 35.2 Å². The summed E-state index contributed by atoms with van der Waals surface area (Å²) in [4.78, 5) is 14.5. The van der Waals surface area contributed by atoms with Crippen molar-refractivity contribution in [2.24, 2.45) is 5.92 Å². The fraction of sp³-hybridized carbons (Fsp3) is 0.409. The largest absolute Gasteiger partial charge is 0.481 e. The van der Waals surface area contributed by atoms with Crippen LogP contribution in [0.4, 0.5) is 0 Å². The molecule has 0 radical (unpaired) electrons. The molecule has 0 unspecified atom stereocenters. The van der Waals surface area contributed by atoms with Gasteiger partial charge in [-0.05, 0) is 67.4 Å². The molecule has 1 aliphatic carbocycles. The van der Waals surface area contributed by atoms with Crippen molar-refractivity contribution in [1.29, 1.82) is 0 Å². The molecule has 2 aromatic carbocycles. The van der Waals surface area contributed by atoms with E-state index in [1.54, 1.807) is 12.1 Å². The summed E-state index contributed by atoms with van der Waals surface area (Å²) < 4.78 is 0. The number of halogens is 2. The van der Waals surface area contributed by atoms with Crippen LogP contribution in [0, 0.1) is 5.92 Å². The number of carboxylic acid groups (broad SMARTS) is 1. The van der Waals surface area contributed by atoms with Gasteiger partial charge in [-0.2, -0.15) is 0 Å². The highest BCUT2D eigenvalue weighted by atomic mass is 35.5. The second kappa shape index (κ2) is 7.46. The third kappa shape index (κ3) is 3.61. The van der Waals surface area contributed by atoms with Gasteiger partial charge in [-0.1, -0.05) is 59.6 Å². The van der Waals surface area contributed by atoms with Crippen molar-refractivity contribution in [2.75, 3.05) is 19.6 Å². The Morgan fingerprint density at radius 1 is 1.07 bits per heavy atom. The highest BCUT2D eigenvalue weighted by Crippen LogP contribution is 2.55. The zero-order valence-electron chi connectivity index (χ0n) is 15.1. The molecule has 0 amide bonds. The molecule has 2 fully saturated rings. The van der Waals surface area contributed by atoms with Gasteiger partial charge in [0.25, 0.3) is 0 Å². The fourth-order valence-electron chi connectivity index (χ4n) is 4.55. The first-order valence-corrected chi connectivity index (χ1v) is 10.2. The molecular formula is C22H23Cl2NO2. The number of carbonyl (C=O) groups is 1. The van der Waals surface area contributed by atoms with Crippen molar-refractivity contribution in [3.05, 3.63) is 69.7 Å². The van der Waals surface area contributed by atoms with E-state index >= 15 is 0 Å². The molecule has 1 aliphatic heterocycles. The van der Waals surface area contributed by atoms with Crippen LogP contribution in [0.15, 0.2) is 48.5 Å². The molecule has 3 nitrogen and oxygen atoms in total. The zero-order chi connectivity index (χ0) is 19.0. The Kier molecular flexibility index (Phi) is 5.19. The summed E-state index contributed by atoms with van der Waals surface area (Å²) in [6.07, 6.45) is 2.92. The summed E-state index contributed by atoms with van der Waals surface area (Å²) in [7, 11) is 0. The second-order valence-corrected chi connectivity index (χ2v) is 8.61. The van der Waals surface area contributed by atoms with Crippen LogP contribution in [0.2, 0.25) is 10.0 Å². The van der Waals surface area contributed by atoms with Gasteiger partial charge < -0.3 is 10.0 Å². The minimum atomic E-state index is -0.815. The summed E-state index contributed by atoms with van der Waals surface area (Å²) in [5, 5.41) is 10.8. The standard InChI is InChI=1S/C22H23Cl2NO2/c23-19-7-6-17(12-20(19)24)22(21(26)27)13-18(22)14-25-10-8-16(9-11-25)15-4-2-1-3-5-15/h1-7,12,16,18H,8-11,13-14H2,(H,26,27)/t18-,22+/m0/s1. The molecule has 5 heteroatoms. The molecule has 27 heavy (non-hydrogen) atoms. The molecule has 1 saturated heterocycles. The number of carboxylic acids is 1. The van der Waals surface area contributed by atoms with Crippen LogP contribution < -0.4 is 0 Å². The topological polar surface area (TPSA) is 40.5 Å². The molecule has 0 aromatic heterocycles. The van der Waals surface area contributed by atoms with Gasteiger partial charge in [-0.3, -0.25) is 4.79 Å². The monoisotopic (exact) mass is 403 g/mol. The molecule has 4 rings (SSSR count). The van der Waals surface area contributed by atoms with Crippen molar-refractivity contribution in [2.45, 2.75) is 30.6 Å². The Morgan fingerprint density at radius 3 is 2.41 bits per heavy atom. The second-order valence-electron chi connectivity index (χ2n) is 7.79. The fourth-order valence-corrected chi connectivity index (χ4v) is 4.85. The maximum atomic E-state index is 12.1. The summed E-state index contributed by atoms with van der Waals surface area (Å²) in [6, 6.07) is 15.9. The third-order valence-electron chi connectivity index (χ3n) is 6.26. The molecule has 1 saturated carbocycles. The van der Waals surface area contributed by atoms with Gasteiger partial charge >= 0.3 is 5.97 Å². The molecule has 2 aliphatic rings. The molecular weight excluding hydrogens is 381 g/mol. The lowest BCUT2D eigenvalue weighted by Crippen LogP contribution is -2.36. The Labute approximate surface area is 169 Å². The maximum Gasteiger partial charge on any atom is 0.314 e. The van der Waals surface area contributed by atoms with Crippen molar-refractivity contribution < 1.29 is 9.90 Å². The molecule has 1 heterocycles. The van der Waals surface area contributed by atoms with E-state index < -0.39 is 11.4 Å². The first kappa shape index (κ1) is 18.8. The Balaban J connectivity index is 1.40. The lowest BCUT2D eigenvalue weighted by molar-refractivity contribution is -0.140. The van der Waals surface area contributed by atoms with E-state index in [1.165, 1.54) is 5.56 Å². The average molecular weight is 404 g/mol. The minimum Gasteiger partial charge on any atom is -0.481 e. The third-order valence-corrected chi connectivity index (χ3v) is 7.00. The molecule has 142 valence electrons. The van der Waals surface area contributed by atoms with E-state index in [0.717, 1.165) is 38.0 Å². The van der Waals surface area contributed by atoms with E-state index in [4.69, 9.17) is 23.2 Å². The van der Waals surface area contributed by atoms with Gasteiger partial charge in [0, 0.05) is 6.54 Å². The van der Waals surface area contributed by atoms with E-state index in [-0.39, 0.29) is 5.92 Å². The number of nitrogens with zero attached hydrogens (tertiary/aromatic N) is 1. The quantitative estimate of drug-likeness (QED) is 0.743. The van der Waals surface area contributed by atoms with Crippen LogP contribution in [-0.2, 0) is 10.2 Å². The Hall–Kier alpha value is -1.55. The maximum absolute atomic E-state index is 12.1. The molecule has 2 atom stereocenters. The van der Waals surface area contributed by atoms with Crippen LogP contribution in [0.3, 0.4) is 0 Å². The van der Waals surface area contributed by atoms with E-state index in [0.29, 0.717) is 22.4 Å². The minimum absolute atomic E-state index is 0.125. The number of benzene rings is 2. The van der Waals surface area contributed by atoms with Gasteiger partial charge in [-0.15, -0.1) is 0 Å². The lowest BCUT2D eigenvalue weighted by Gasteiger charge is -2.32. The Morgan fingerprint density at radius 2 is 1.78 bits per heavy atom. The average Bonchev–Trinajstić information content (AvgIpc) is 3.40. The van der Waals surface area contributed by atoms with Crippen molar-refractivity contribution >= 4 is 29.2 Å². The predicted octanol–water partition coefficient (Wildman–Crippen LogP) is 5.22. The Bertz CT molecular complexity index is 833. The number of hydrogen-bond acceptors (Lipinski definition) is 2. The van der Waals surface area contributed by atoms with Crippen molar-refractivity contribution in [3.63, 3.8) is 0 Å². The van der Waals surface area contributed by atoms with E-state index in [9.17, 15) is 9.90 Å². The zero-order valence-corrected chi connectivity index (χ0v) is 16.6. The van der Waals surface area contributed by atoms with Gasteiger partial charge in [0.1, 0.15) is 0 Å². The normalized spacial score (nSPS) is 26.1. The number of likely N-dealkylation sites (tertiary alicyclic amines) is 1. The number of aliphatic carboxylic acids is 1. The summed E-state index contributed by atoms with van der Waals surface area (Å²) in [5.41, 5.74) is 1.37.